The third-order valence-electron chi connectivity index (χ3n) is 4.58. The fraction of sp³-hybridized carbons (Fsp3) is 0.800. The predicted molar refractivity (Wildman–Crippen MR) is 83.5 cm³/mol. The Hall–Kier alpha value is -1.59. The van der Waals surface area contributed by atoms with Crippen LogP contribution in [-0.4, -0.2) is 21.2 Å². The quantitative estimate of drug-likeness (QED) is 0.643. The topological polar surface area (TPSA) is 73.0 Å². The van der Waals surface area contributed by atoms with Crippen molar-refractivity contribution in [3.63, 3.8) is 0 Å². The van der Waals surface area contributed by atoms with E-state index in [0.29, 0.717) is 29.8 Å². The van der Waals surface area contributed by atoms with Crippen molar-refractivity contribution in [2.45, 2.75) is 52.4 Å². The molecule has 118 valence electrons. The maximum Gasteiger partial charge on any atom is 0.333 e. The molecule has 6 nitrogen and oxygen atoms in total. The maximum absolute atomic E-state index is 11.4. The summed E-state index contributed by atoms with van der Waals surface area (Å²) in [7, 11) is 1.78. The molecule has 0 aromatic carbocycles. The van der Waals surface area contributed by atoms with Gasteiger partial charge in [0.15, 0.2) is 0 Å². The summed E-state index contributed by atoms with van der Waals surface area (Å²) < 4.78 is 1.62. The summed E-state index contributed by atoms with van der Waals surface area (Å²) >= 11 is 0. The van der Waals surface area contributed by atoms with Gasteiger partial charge < -0.3 is 5.32 Å². The van der Waals surface area contributed by atoms with Crippen molar-refractivity contribution in [1.29, 1.82) is 0 Å². The minimum absolute atomic E-state index is 0.155. The van der Waals surface area contributed by atoms with Gasteiger partial charge in [-0.1, -0.05) is 39.5 Å². The highest BCUT2D eigenvalue weighted by Crippen LogP contribution is 2.32. The molecule has 2 unspecified atom stereocenters. The lowest BCUT2D eigenvalue weighted by atomic mass is 9.80. The third-order valence-corrected chi connectivity index (χ3v) is 4.58. The van der Waals surface area contributed by atoms with Gasteiger partial charge in [-0.05, 0) is 24.7 Å². The second-order valence-corrected chi connectivity index (χ2v) is 6.18. The van der Waals surface area contributed by atoms with Crippen molar-refractivity contribution in [2.75, 3.05) is 11.9 Å². The first kappa shape index (κ1) is 15.8. The Balaban J connectivity index is 2.13. The first-order valence-electron chi connectivity index (χ1n) is 7.98. The molecule has 21 heavy (non-hydrogen) atoms. The van der Waals surface area contributed by atoms with Crippen LogP contribution in [-0.2, 0) is 13.5 Å². The molecule has 1 aromatic rings. The number of nitrogens with one attached hydrogen (secondary N) is 1. The molecule has 1 heterocycles. The Morgan fingerprint density at radius 2 is 2.14 bits per heavy atom. The molecule has 2 rings (SSSR count). The highest BCUT2D eigenvalue weighted by atomic mass is 16.6. The van der Waals surface area contributed by atoms with Crippen LogP contribution in [0.15, 0.2) is 0 Å². The molecule has 1 aromatic heterocycles. The summed E-state index contributed by atoms with van der Waals surface area (Å²) in [6, 6.07) is 0. The minimum Gasteiger partial charge on any atom is -0.364 e. The Morgan fingerprint density at radius 1 is 1.43 bits per heavy atom. The van der Waals surface area contributed by atoms with Crippen LogP contribution in [0.3, 0.4) is 0 Å². The van der Waals surface area contributed by atoms with E-state index in [9.17, 15) is 10.1 Å². The fourth-order valence-corrected chi connectivity index (χ4v) is 3.29. The van der Waals surface area contributed by atoms with Crippen molar-refractivity contribution in [2.24, 2.45) is 18.9 Å². The average molecular weight is 294 g/mol. The summed E-state index contributed by atoms with van der Waals surface area (Å²) in [4.78, 5) is 11.1. The lowest BCUT2D eigenvalue weighted by Gasteiger charge is -2.28. The first-order valence-corrected chi connectivity index (χ1v) is 7.98. The molecule has 6 heteroatoms. The third kappa shape index (κ3) is 3.54. The Morgan fingerprint density at radius 3 is 2.76 bits per heavy atom. The summed E-state index contributed by atoms with van der Waals surface area (Å²) in [6.07, 6.45) is 6.56. The second kappa shape index (κ2) is 6.91. The maximum atomic E-state index is 11.4. The molecule has 1 aliphatic rings. The smallest absolute Gasteiger partial charge is 0.333 e. The van der Waals surface area contributed by atoms with E-state index in [1.807, 2.05) is 6.92 Å². The zero-order chi connectivity index (χ0) is 15.4. The number of nitrogens with zero attached hydrogens (tertiary/aromatic N) is 3. The molecule has 0 spiro atoms. The molecule has 0 aliphatic heterocycles. The lowest BCUT2D eigenvalue weighted by Crippen LogP contribution is -2.25. The number of aromatic nitrogens is 2. The van der Waals surface area contributed by atoms with Crippen LogP contribution in [0.25, 0.3) is 0 Å². The molecule has 1 fully saturated rings. The first-order chi connectivity index (χ1) is 10.0. The summed E-state index contributed by atoms with van der Waals surface area (Å²) in [6.45, 7) is 5.09. The second-order valence-electron chi connectivity index (χ2n) is 6.18. The van der Waals surface area contributed by atoms with E-state index >= 15 is 0 Å². The van der Waals surface area contributed by atoms with Crippen LogP contribution in [0.1, 0.15) is 51.6 Å². The zero-order valence-electron chi connectivity index (χ0n) is 13.3. The van der Waals surface area contributed by atoms with E-state index < -0.39 is 0 Å². The average Bonchev–Trinajstić information content (AvgIpc) is 2.74. The predicted octanol–water partition coefficient (Wildman–Crippen LogP) is 3.52. The highest BCUT2D eigenvalue weighted by molar-refractivity contribution is 5.59. The summed E-state index contributed by atoms with van der Waals surface area (Å²) in [5.41, 5.74) is 0.743. The SMILES string of the molecule is CCCc1nn(C)c(NCC2CCCCC2C)c1[N+](=O)[O-]. The minimum atomic E-state index is -0.301. The number of anilines is 1. The van der Waals surface area contributed by atoms with Crippen LogP contribution >= 0.6 is 0 Å². The number of nitro groups is 1. The zero-order valence-corrected chi connectivity index (χ0v) is 13.3. The number of hydrogen-bond donors (Lipinski definition) is 1. The van der Waals surface area contributed by atoms with Crippen molar-refractivity contribution in [3.05, 3.63) is 15.8 Å². The van der Waals surface area contributed by atoms with E-state index in [0.717, 1.165) is 13.0 Å². The molecular formula is C15H26N4O2. The standard InChI is InChI=1S/C15H26N4O2/c1-4-7-13-14(19(20)21)15(18(3)17-13)16-10-12-9-6-5-8-11(12)2/h11-12,16H,4-10H2,1-3H3. The van der Waals surface area contributed by atoms with Crippen molar-refractivity contribution in [1.82, 2.24) is 9.78 Å². The van der Waals surface area contributed by atoms with E-state index in [2.05, 4.69) is 17.3 Å². The van der Waals surface area contributed by atoms with Gasteiger partial charge in [0.2, 0.25) is 5.82 Å². The number of hydrogen-bond acceptors (Lipinski definition) is 4. The largest absolute Gasteiger partial charge is 0.364 e. The molecule has 1 aliphatic carbocycles. The van der Waals surface area contributed by atoms with Gasteiger partial charge in [-0.15, -0.1) is 0 Å². The van der Waals surface area contributed by atoms with Gasteiger partial charge in [0.25, 0.3) is 0 Å². The molecular weight excluding hydrogens is 268 g/mol. The normalized spacial score (nSPS) is 22.2. The number of aryl methyl sites for hydroxylation is 2. The van der Waals surface area contributed by atoms with Gasteiger partial charge in [-0.3, -0.25) is 10.1 Å². The highest BCUT2D eigenvalue weighted by Gasteiger charge is 2.27. The van der Waals surface area contributed by atoms with Crippen LogP contribution < -0.4 is 5.32 Å². The lowest BCUT2D eigenvalue weighted by molar-refractivity contribution is -0.384. The molecule has 0 bridgehead atoms. The van der Waals surface area contributed by atoms with Gasteiger partial charge in [0, 0.05) is 13.6 Å². The fourth-order valence-electron chi connectivity index (χ4n) is 3.29. The molecule has 1 N–H and O–H groups in total. The van der Waals surface area contributed by atoms with Crippen molar-refractivity contribution >= 4 is 11.5 Å². The Bertz CT molecular complexity index is 498. The Labute approximate surface area is 126 Å². The van der Waals surface area contributed by atoms with Gasteiger partial charge >= 0.3 is 5.69 Å². The monoisotopic (exact) mass is 294 g/mol. The van der Waals surface area contributed by atoms with E-state index in [1.165, 1.54) is 25.7 Å². The van der Waals surface area contributed by atoms with Crippen molar-refractivity contribution < 1.29 is 4.92 Å². The summed E-state index contributed by atoms with van der Waals surface area (Å²) in [5, 5.41) is 19.0. The molecule has 0 amide bonds. The van der Waals surface area contributed by atoms with E-state index in [-0.39, 0.29) is 10.6 Å². The van der Waals surface area contributed by atoms with Crippen LogP contribution in [0.4, 0.5) is 11.5 Å². The van der Waals surface area contributed by atoms with Gasteiger partial charge in [-0.25, -0.2) is 4.68 Å². The number of rotatable bonds is 6. The Kier molecular flexibility index (Phi) is 5.20. The van der Waals surface area contributed by atoms with Crippen LogP contribution in [0.2, 0.25) is 0 Å². The van der Waals surface area contributed by atoms with Gasteiger partial charge in [0.05, 0.1) is 4.92 Å². The van der Waals surface area contributed by atoms with Crippen LogP contribution in [0, 0.1) is 22.0 Å². The van der Waals surface area contributed by atoms with Crippen LogP contribution in [0.5, 0.6) is 0 Å². The molecule has 0 saturated heterocycles. The van der Waals surface area contributed by atoms with E-state index in [1.54, 1.807) is 11.7 Å². The van der Waals surface area contributed by atoms with E-state index in [4.69, 9.17) is 0 Å². The van der Waals surface area contributed by atoms with Gasteiger partial charge in [0.1, 0.15) is 5.69 Å². The summed E-state index contributed by atoms with van der Waals surface area (Å²) in [5.74, 6) is 1.85. The van der Waals surface area contributed by atoms with Crippen molar-refractivity contribution in [3.8, 4) is 0 Å². The van der Waals surface area contributed by atoms with Gasteiger partial charge in [-0.2, -0.15) is 5.10 Å². The molecule has 1 saturated carbocycles. The molecule has 0 radical (unpaired) electrons. The molecule has 2 atom stereocenters.